The van der Waals surface area contributed by atoms with Crippen molar-refractivity contribution in [2.75, 3.05) is 11.9 Å². The minimum absolute atomic E-state index is 0.0810. The lowest BCUT2D eigenvalue weighted by Gasteiger charge is -2.06. The maximum absolute atomic E-state index is 11.9. The van der Waals surface area contributed by atoms with E-state index in [0.29, 0.717) is 23.8 Å². The van der Waals surface area contributed by atoms with Crippen LogP contribution in [-0.4, -0.2) is 22.0 Å². The standard InChI is InChI=1S/C18H17N3O3S/c1-2-24-17(23)8-5-13-3-6-14(7-4-13)19-12-15-11-16(22)21-9-10-25-18(21)20-15/h3-11,19H,2,12H2,1H3/b8-5+. The highest BCUT2D eigenvalue weighted by Crippen LogP contribution is 2.13. The van der Waals surface area contributed by atoms with Crippen LogP contribution in [0.1, 0.15) is 18.2 Å². The summed E-state index contributed by atoms with van der Waals surface area (Å²) in [4.78, 5) is 28.4. The number of thiazole rings is 1. The minimum Gasteiger partial charge on any atom is -0.463 e. The molecule has 0 aliphatic rings. The van der Waals surface area contributed by atoms with E-state index in [9.17, 15) is 9.59 Å². The Labute approximate surface area is 148 Å². The molecule has 1 N–H and O–H groups in total. The summed E-state index contributed by atoms with van der Waals surface area (Å²) in [5.41, 5.74) is 2.41. The SMILES string of the molecule is CCOC(=O)/C=C/c1ccc(NCc2cc(=O)n3ccsc3n2)cc1. The molecule has 0 amide bonds. The molecule has 0 radical (unpaired) electrons. The van der Waals surface area contributed by atoms with Crippen molar-refractivity contribution < 1.29 is 9.53 Å². The fraction of sp³-hybridized carbons (Fsp3) is 0.167. The highest BCUT2D eigenvalue weighted by atomic mass is 32.1. The van der Waals surface area contributed by atoms with Crippen LogP contribution >= 0.6 is 11.3 Å². The summed E-state index contributed by atoms with van der Waals surface area (Å²) >= 11 is 1.43. The van der Waals surface area contributed by atoms with E-state index in [1.54, 1.807) is 19.2 Å². The number of aromatic nitrogens is 2. The van der Waals surface area contributed by atoms with Gasteiger partial charge >= 0.3 is 5.97 Å². The summed E-state index contributed by atoms with van der Waals surface area (Å²) in [5.74, 6) is -0.356. The van der Waals surface area contributed by atoms with E-state index in [2.05, 4.69) is 10.3 Å². The summed E-state index contributed by atoms with van der Waals surface area (Å²) < 4.78 is 6.36. The molecular weight excluding hydrogens is 338 g/mol. The van der Waals surface area contributed by atoms with Crippen LogP contribution in [-0.2, 0) is 16.1 Å². The first-order valence-electron chi connectivity index (χ1n) is 7.80. The first-order chi connectivity index (χ1) is 12.2. The molecule has 0 saturated carbocycles. The molecule has 0 atom stereocenters. The lowest BCUT2D eigenvalue weighted by molar-refractivity contribution is -0.137. The average molecular weight is 355 g/mol. The Morgan fingerprint density at radius 3 is 2.92 bits per heavy atom. The van der Waals surface area contributed by atoms with Crippen molar-refractivity contribution in [1.29, 1.82) is 0 Å². The van der Waals surface area contributed by atoms with Crippen LogP contribution < -0.4 is 10.9 Å². The second-order valence-corrected chi connectivity index (χ2v) is 6.08. The molecule has 0 unspecified atom stereocenters. The summed E-state index contributed by atoms with van der Waals surface area (Å²) in [7, 11) is 0. The Balaban J connectivity index is 1.63. The lowest BCUT2D eigenvalue weighted by atomic mass is 10.2. The quantitative estimate of drug-likeness (QED) is 0.544. The van der Waals surface area contributed by atoms with Gasteiger partial charge in [-0.1, -0.05) is 12.1 Å². The van der Waals surface area contributed by atoms with Gasteiger partial charge in [-0.25, -0.2) is 9.78 Å². The largest absolute Gasteiger partial charge is 0.463 e. The van der Waals surface area contributed by atoms with Gasteiger partial charge < -0.3 is 10.1 Å². The molecule has 2 heterocycles. The highest BCUT2D eigenvalue weighted by molar-refractivity contribution is 7.15. The first kappa shape index (κ1) is 16.9. The number of esters is 1. The first-order valence-corrected chi connectivity index (χ1v) is 8.68. The molecule has 3 aromatic rings. The predicted octanol–water partition coefficient (Wildman–Crippen LogP) is 2.94. The van der Waals surface area contributed by atoms with E-state index in [1.165, 1.54) is 27.9 Å². The molecule has 7 heteroatoms. The van der Waals surface area contributed by atoms with Crippen LogP contribution in [0.4, 0.5) is 5.69 Å². The average Bonchev–Trinajstić information content (AvgIpc) is 3.08. The van der Waals surface area contributed by atoms with Gasteiger partial charge in [0.2, 0.25) is 0 Å². The zero-order chi connectivity index (χ0) is 17.6. The number of hydrogen-bond acceptors (Lipinski definition) is 6. The third-order valence-electron chi connectivity index (χ3n) is 3.44. The van der Waals surface area contributed by atoms with Crippen molar-refractivity contribution in [3.8, 4) is 0 Å². The van der Waals surface area contributed by atoms with E-state index in [1.807, 2.05) is 29.6 Å². The van der Waals surface area contributed by atoms with Gasteiger partial charge in [0.1, 0.15) is 0 Å². The molecule has 0 spiro atoms. The number of nitrogens with one attached hydrogen (secondary N) is 1. The number of fused-ring (bicyclic) bond motifs is 1. The fourth-order valence-corrected chi connectivity index (χ4v) is 2.98. The smallest absolute Gasteiger partial charge is 0.330 e. The van der Waals surface area contributed by atoms with Gasteiger partial charge in [0, 0.05) is 29.4 Å². The zero-order valence-corrected chi connectivity index (χ0v) is 14.5. The van der Waals surface area contributed by atoms with Gasteiger partial charge in [-0.15, -0.1) is 11.3 Å². The highest BCUT2D eigenvalue weighted by Gasteiger charge is 2.03. The van der Waals surface area contributed by atoms with E-state index in [0.717, 1.165) is 11.3 Å². The number of ether oxygens (including phenoxy) is 1. The Morgan fingerprint density at radius 2 is 2.16 bits per heavy atom. The maximum Gasteiger partial charge on any atom is 0.330 e. The molecule has 0 saturated heterocycles. The Hall–Kier alpha value is -2.93. The molecule has 0 aliphatic carbocycles. The lowest BCUT2D eigenvalue weighted by Crippen LogP contribution is -2.14. The molecule has 0 fully saturated rings. The number of benzene rings is 1. The topological polar surface area (TPSA) is 72.7 Å². The molecule has 6 nitrogen and oxygen atoms in total. The molecule has 0 bridgehead atoms. The van der Waals surface area contributed by atoms with Crippen LogP contribution in [0.25, 0.3) is 11.0 Å². The van der Waals surface area contributed by atoms with Gasteiger partial charge in [0.05, 0.1) is 18.8 Å². The number of carbonyl (C=O) groups is 1. The minimum atomic E-state index is -0.356. The maximum atomic E-state index is 11.9. The number of anilines is 1. The van der Waals surface area contributed by atoms with Crippen molar-refractivity contribution in [3.63, 3.8) is 0 Å². The third-order valence-corrected chi connectivity index (χ3v) is 4.20. The summed E-state index contributed by atoms with van der Waals surface area (Å²) in [6.07, 6.45) is 4.82. The molecule has 128 valence electrons. The summed E-state index contributed by atoms with van der Waals surface area (Å²) in [5, 5.41) is 5.07. The molecule has 0 aliphatic heterocycles. The predicted molar refractivity (Wildman–Crippen MR) is 98.8 cm³/mol. The van der Waals surface area contributed by atoms with Crippen LogP contribution in [0.3, 0.4) is 0 Å². The second-order valence-electron chi connectivity index (χ2n) is 5.20. The zero-order valence-electron chi connectivity index (χ0n) is 13.6. The Morgan fingerprint density at radius 1 is 1.36 bits per heavy atom. The Kier molecular flexibility index (Phi) is 5.25. The van der Waals surface area contributed by atoms with Crippen LogP contribution in [0.2, 0.25) is 0 Å². The van der Waals surface area contributed by atoms with Gasteiger partial charge in [0.25, 0.3) is 5.56 Å². The van der Waals surface area contributed by atoms with Crippen molar-refractivity contribution in [3.05, 3.63) is 69.6 Å². The van der Waals surface area contributed by atoms with Crippen molar-refractivity contribution in [2.24, 2.45) is 0 Å². The van der Waals surface area contributed by atoms with Gasteiger partial charge in [-0.2, -0.15) is 0 Å². The Bertz CT molecular complexity index is 958. The van der Waals surface area contributed by atoms with E-state index in [4.69, 9.17) is 4.74 Å². The molecule has 1 aromatic carbocycles. The van der Waals surface area contributed by atoms with Crippen molar-refractivity contribution in [1.82, 2.24) is 9.38 Å². The van der Waals surface area contributed by atoms with Crippen molar-refractivity contribution in [2.45, 2.75) is 13.5 Å². The summed E-state index contributed by atoms with van der Waals surface area (Å²) in [6, 6.07) is 9.12. The van der Waals surface area contributed by atoms with Gasteiger partial charge in [-0.05, 0) is 30.7 Å². The van der Waals surface area contributed by atoms with Crippen LogP contribution in [0.5, 0.6) is 0 Å². The third kappa shape index (κ3) is 4.33. The van der Waals surface area contributed by atoms with Gasteiger partial charge in [-0.3, -0.25) is 9.20 Å². The number of carbonyl (C=O) groups excluding carboxylic acids is 1. The van der Waals surface area contributed by atoms with E-state index < -0.39 is 0 Å². The van der Waals surface area contributed by atoms with Crippen LogP contribution in [0, 0.1) is 0 Å². The fourth-order valence-electron chi connectivity index (χ4n) is 2.24. The van der Waals surface area contributed by atoms with Gasteiger partial charge in [0.15, 0.2) is 4.96 Å². The molecule has 3 rings (SSSR count). The number of rotatable bonds is 6. The normalized spacial score (nSPS) is 11.1. The molecule has 25 heavy (non-hydrogen) atoms. The monoisotopic (exact) mass is 355 g/mol. The van der Waals surface area contributed by atoms with E-state index in [-0.39, 0.29) is 11.5 Å². The number of hydrogen-bond donors (Lipinski definition) is 1. The molecular formula is C18H17N3O3S. The second kappa shape index (κ2) is 7.76. The van der Waals surface area contributed by atoms with Crippen LogP contribution in [0.15, 0.2) is 52.8 Å². The number of nitrogens with zero attached hydrogens (tertiary/aromatic N) is 2. The van der Waals surface area contributed by atoms with E-state index >= 15 is 0 Å². The van der Waals surface area contributed by atoms with Crippen molar-refractivity contribution >= 4 is 34.0 Å². The summed E-state index contributed by atoms with van der Waals surface area (Å²) in [6.45, 7) is 2.59. The molecule has 2 aromatic heterocycles.